The Labute approximate surface area is 143 Å². The van der Waals surface area contributed by atoms with E-state index in [1.165, 1.54) is 6.92 Å². The van der Waals surface area contributed by atoms with Crippen molar-refractivity contribution in [3.05, 3.63) is 35.9 Å². The Morgan fingerprint density at radius 2 is 1.96 bits per heavy atom. The lowest BCUT2D eigenvalue weighted by atomic mass is 9.83. The molecule has 1 N–H and O–H groups in total. The fourth-order valence-electron chi connectivity index (χ4n) is 3.23. The molecule has 0 spiro atoms. The van der Waals surface area contributed by atoms with E-state index in [1.807, 2.05) is 37.3 Å². The standard InChI is InChI=1S/C19H28O5/c1-12(2)18-13(3)19(23-10-15-8-6-5-7-9-15)17(21)16(24-18)11-22-14(4)20/h5-9,12-13,16-19,21H,10-11H2,1-4H3. The summed E-state index contributed by atoms with van der Waals surface area (Å²) in [4.78, 5) is 11.1. The molecule has 5 heteroatoms. The molecule has 0 bridgehead atoms. The summed E-state index contributed by atoms with van der Waals surface area (Å²) < 4.78 is 17.1. The zero-order valence-electron chi connectivity index (χ0n) is 14.8. The van der Waals surface area contributed by atoms with Crippen LogP contribution in [0.25, 0.3) is 0 Å². The summed E-state index contributed by atoms with van der Waals surface area (Å²) in [5.74, 6) is -0.0697. The van der Waals surface area contributed by atoms with Gasteiger partial charge in [0.25, 0.3) is 0 Å². The fourth-order valence-corrected chi connectivity index (χ4v) is 3.23. The van der Waals surface area contributed by atoms with Gasteiger partial charge >= 0.3 is 5.97 Å². The van der Waals surface area contributed by atoms with Gasteiger partial charge in [0.15, 0.2) is 0 Å². The zero-order valence-corrected chi connectivity index (χ0v) is 14.8. The van der Waals surface area contributed by atoms with E-state index in [0.29, 0.717) is 6.61 Å². The van der Waals surface area contributed by atoms with Gasteiger partial charge in [-0.1, -0.05) is 51.1 Å². The Bertz CT molecular complexity index is 516. The van der Waals surface area contributed by atoms with E-state index in [-0.39, 0.29) is 36.6 Å². The van der Waals surface area contributed by atoms with Crippen LogP contribution in [0, 0.1) is 11.8 Å². The van der Waals surface area contributed by atoms with E-state index in [4.69, 9.17) is 14.2 Å². The Morgan fingerprint density at radius 3 is 2.54 bits per heavy atom. The molecule has 0 radical (unpaired) electrons. The van der Waals surface area contributed by atoms with Crippen molar-refractivity contribution in [3.8, 4) is 0 Å². The number of benzene rings is 1. The van der Waals surface area contributed by atoms with Crippen molar-refractivity contribution >= 4 is 5.97 Å². The highest BCUT2D eigenvalue weighted by molar-refractivity contribution is 5.65. The lowest BCUT2D eigenvalue weighted by Crippen LogP contribution is -2.57. The van der Waals surface area contributed by atoms with Crippen LogP contribution < -0.4 is 0 Å². The number of hydrogen-bond acceptors (Lipinski definition) is 5. The van der Waals surface area contributed by atoms with Crippen molar-refractivity contribution < 1.29 is 24.1 Å². The Hall–Kier alpha value is -1.43. The summed E-state index contributed by atoms with van der Waals surface area (Å²) in [5.41, 5.74) is 1.06. The molecule has 24 heavy (non-hydrogen) atoms. The Kier molecular flexibility index (Phi) is 6.78. The van der Waals surface area contributed by atoms with Crippen LogP contribution in [0.5, 0.6) is 0 Å². The quantitative estimate of drug-likeness (QED) is 0.809. The average molecular weight is 336 g/mol. The van der Waals surface area contributed by atoms with Gasteiger partial charge in [-0.3, -0.25) is 4.79 Å². The highest BCUT2D eigenvalue weighted by Crippen LogP contribution is 2.32. The van der Waals surface area contributed by atoms with E-state index < -0.39 is 12.2 Å². The van der Waals surface area contributed by atoms with Crippen molar-refractivity contribution in [3.63, 3.8) is 0 Å². The SMILES string of the molecule is CC(=O)OCC1OC(C(C)C)C(C)C(OCc2ccccc2)C1O. The van der Waals surface area contributed by atoms with E-state index in [9.17, 15) is 9.90 Å². The minimum Gasteiger partial charge on any atom is -0.463 e. The first-order valence-electron chi connectivity index (χ1n) is 8.52. The molecule has 0 aromatic heterocycles. The second-order valence-corrected chi connectivity index (χ2v) is 6.80. The van der Waals surface area contributed by atoms with Gasteiger partial charge in [-0.2, -0.15) is 0 Å². The summed E-state index contributed by atoms with van der Waals surface area (Å²) in [6, 6.07) is 9.87. The predicted molar refractivity (Wildman–Crippen MR) is 90.3 cm³/mol. The molecule has 1 aromatic carbocycles. The molecule has 1 aliphatic rings. The van der Waals surface area contributed by atoms with Crippen LogP contribution >= 0.6 is 0 Å². The van der Waals surface area contributed by atoms with Crippen molar-refractivity contribution in [2.45, 2.75) is 58.7 Å². The first-order valence-corrected chi connectivity index (χ1v) is 8.52. The molecule has 1 fully saturated rings. The van der Waals surface area contributed by atoms with Gasteiger partial charge in [-0.25, -0.2) is 0 Å². The van der Waals surface area contributed by atoms with E-state index in [1.54, 1.807) is 0 Å². The van der Waals surface area contributed by atoms with Gasteiger partial charge in [0, 0.05) is 12.8 Å². The minimum atomic E-state index is -0.835. The van der Waals surface area contributed by atoms with Crippen LogP contribution in [-0.2, 0) is 25.6 Å². The lowest BCUT2D eigenvalue weighted by Gasteiger charge is -2.45. The van der Waals surface area contributed by atoms with Gasteiger partial charge in [-0.15, -0.1) is 0 Å². The molecule has 0 amide bonds. The molecule has 5 unspecified atom stereocenters. The maximum atomic E-state index is 11.1. The molecule has 1 saturated heterocycles. The van der Waals surface area contributed by atoms with Crippen LogP contribution in [0.15, 0.2) is 30.3 Å². The number of aliphatic hydroxyl groups excluding tert-OH is 1. The second-order valence-electron chi connectivity index (χ2n) is 6.80. The molecule has 134 valence electrons. The van der Waals surface area contributed by atoms with Gasteiger partial charge in [0.2, 0.25) is 0 Å². The summed E-state index contributed by atoms with van der Waals surface area (Å²) in [5, 5.41) is 10.6. The number of carbonyl (C=O) groups excluding carboxylic acids is 1. The summed E-state index contributed by atoms with van der Waals surface area (Å²) >= 11 is 0. The monoisotopic (exact) mass is 336 g/mol. The number of ether oxygens (including phenoxy) is 3. The normalized spacial score (nSPS) is 30.3. The molecule has 1 heterocycles. The van der Waals surface area contributed by atoms with Gasteiger partial charge in [-0.05, 0) is 11.5 Å². The van der Waals surface area contributed by atoms with E-state index >= 15 is 0 Å². The highest BCUT2D eigenvalue weighted by atomic mass is 16.6. The number of rotatable bonds is 6. The molecule has 1 aliphatic heterocycles. The third-order valence-electron chi connectivity index (χ3n) is 4.48. The first kappa shape index (κ1) is 18.9. The smallest absolute Gasteiger partial charge is 0.302 e. The maximum absolute atomic E-state index is 11.1. The predicted octanol–water partition coefficient (Wildman–Crippen LogP) is 2.56. The second kappa shape index (κ2) is 8.60. The molecule has 0 saturated carbocycles. The maximum Gasteiger partial charge on any atom is 0.302 e. The summed E-state index contributed by atoms with van der Waals surface area (Å²) in [7, 11) is 0. The van der Waals surface area contributed by atoms with Crippen molar-refractivity contribution in [2.75, 3.05) is 6.61 Å². The van der Waals surface area contributed by atoms with Gasteiger partial charge in [0.1, 0.15) is 18.8 Å². The third kappa shape index (κ3) is 4.79. The van der Waals surface area contributed by atoms with Gasteiger partial charge < -0.3 is 19.3 Å². The van der Waals surface area contributed by atoms with Crippen molar-refractivity contribution in [1.29, 1.82) is 0 Å². The summed E-state index contributed by atoms with van der Waals surface area (Å²) in [6.07, 6.45) is -1.84. The number of aliphatic hydroxyl groups is 1. The summed E-state index contributed by atoms with van der Waals surface area (Å²) in [6.45, 7) is 8.01. The van der Waals surface area contributed by atoms with Crippen molar-refractivity contribution in [1.82, 2.24) is 0 Å². The average Bonchev–Trinajstić information content (AvgIpc) is 2.54. The van der Waals surface area contributed by atoms with Gasteiger partial charge in [0.05, 0.1) is 18.8 Å². The van der Waals surface area contributed by atoms with Crippen LogP contribution in [0.2, 0.25) is 0 Å². The molecule has 5 atom stereocenters. The van der Waals surface area contributed by atoms with Crippen LogP contribution in [-0.4, -0.2) is 42.1 Å². The molecule has 5 nitrogen and oxygen atoms in total. The van der Waals surface area contributed by atoms with Crippen LogP contribution in [0.1, 0.15) is 33.3 Å². The number of hydrogen-bond donors (Lipinski definition) is 1. The molecule has 1 aromatic rings. The Balaban J connectivity index is 2.07. The minimum absolute atomic E-state index is 0.0392. The third-order valence-corrected chi connectivity index (χ3v) is 4.48. The molecular weight excluding hydrogens is 308 g/mol. The van der Waals surface area contributed by atoms with Crippen LogP contribution in [0.3, 0.4) is 0 Å². The topological polar surface area (TPSA) is 65.0 Å². The zero-order chi connectivity index (χ0) is 17.7. The largest absolute Gasteiger partial charge is 0.463 e. The van der Waals surface area contributed by atoms with E-state index in [2.05, 4.69) is 13.8 Å². The van der Waals surface area contributed by atoms with E-state index in [0.717, 1.165) is 5.56 Å². The molecule has 0 aliphatic carbocycles. The number of esters is 1. The Morgan fingerprint density at radius 1 is 1.29 bits per heavy atom. The first-order chi connectivity index (χ1) is 11.4. The van der Waals surface area contributed by atoms with Crippen molar-refractivity contribution in [2.24, 2.45) is 11.8 Å². The highest BCUT2D eigenvalue weighted by Gasteiger charge is 2.45. The van der Waals surface area contributed by atoms with Crippen LogP contribution in [0.4, 0.5) is 0 Å². The number of carbonyl (C=O) groups is 1. The molecular formula is C19H28O5. The molecule has 2 rings (SSSR count). The lowest BCUT2D eigenvalue weighted by molar-refractivity contribution is -0.232. The fraction of sp³-hybridized carbons (Fsp3) is 0.632.